The lowest BCUT2D eigenvalue weighted by Crippen LogP contribution is -2.28. The number of unbranched alkanes of at least 4 members (excludes halogenated alkanes) is 1. The summed E-state index contributed by atoms with van der Waals surface area (Å²) in [5, 5.41) is 8.98. The number of aromatic carboxylic acids is 1. The Labute approximate surface area is 154 Å². The summed E-state index contributed by atoms with van der Waals surface area (Å²) in [5.74, 6) is 0.195. The van der Waals surface area contributed by atoms with E-state index in [0.29, 0.717) is 12.4 Å². The van der Waals surface area contributed by atoms with Crippen LogP contribution in [0.15, 0.2) is 30.9 Å². The van der Waals surface area contributed by atoms with Gasteiger partial charge in [0.05, 0.1) is 18.4 Å². The van der Waals surface area contributed by atoms with Crippen LogP contribution in [0.25, 0.3) is 0 Å². The fraction of sp³-hybridized carbons (Fsp3) is 0.474. The maximum absolute atomic E-state index is 11.0. The van der Waals surface area contributed by atoms with Crippen LogP contribution in [-0.4, -0.2) is 45.7 Å². The summed E-state index contributed by atoms with van der Waals surface area (Å²) < 4.78 is 5.63. The van der Waals surface area contributed by atoms with Crippen molar-refractivity contribution in [2.45, 2.75) is 39.5 Å². The highest BCUT2D eigenvalue weighted by atomic mass is 16.5. The zero-order valence-electron chi connectivity index (χ0n) is 15.4. The number of carbonyl (C=O) groups is 1. The highest BCUT2D eigenvalue weighted by Crippen LogP contribution is 2.13. The molecular weight excluding hydrogens is 332 g/mol. The summed E-state index contributed by atoms with van der Waals surface area (Å²) in [6.45, 7) is 6.39. The molecule has 2 rings (SSSR count). The van der Waals surface area contributed by atoms with Gasteiger partial charge in [0.25, 0.3) is 0 Å². The maximum Gasteiger partial charge on any atom is 0.337 e. The number of hydrogen-bond donors (Lipinski definition) is 1. The number of anilines is 1. The van der Waals surface area contributed by atoms with Gasteiger partial charge >= 0.3 is 5.97 Å². The number of rotatable bonds is 11. The molecule has 2 heterocycles. The van der Waals surface area contributed by atoms with Crippen LogP contribution >= 0.6 is 0 Å². The number of pyridine rings is 1. The molecule has 2 aromatic heterocycles. The average molecular weight is 358 g/mol. The number of aryl methyl sites for hydroxylation is 1. The minimum Gasteiger partial charge on any atom is -0.492 e. The van der Waals surface area contributed by atoms with Crippen molar-refractivity contribution in [3.05, 3.63) is 42.0 Å². The van der Waals surface area contributed by atoms with Crippen LogP contribution < -0.4 is 9.64 Å². The van der Waals surface area contributed by atoms with Crippen LogP contribution in [0.2, 0.25) is 0 Å². The second-order valence-electron chi connectivity index (χ2n) is 6.00. The predicted molar refractivity (Wildman–Crippen MR) is 99.8 cm³/mol. The molecule has 0 aliphatic carbocycles. The first-order chi connectivity index (χ1) is 12.6. The van der Waals surface area contributed by atoms with E-state index in [-0.39, 0.29) is 5.56 Å². The molecule has 26 heavy (non-hydrogen) atoms. The predicted octanol–water partition coefficient (Wildman–Crippen LogP) is 3.21. The first-order valence-electron chi connectivity index (χ1n) is 9.01. The highest BCUT2D eigenvalue weighted by Gasteiger charge is 2.10. The number of carboxylic acids is 1. The summed E-state index contributed by atoms with van der Waals surface area (Å²) >= 11 is 0. The van der Waals surface area contributed by atoms with Crippen LogP contribution in [0.4, 0.5) is 5.95 Å². The summed E-state index contributed by atoms with van der Waals surface area (Å²) in [6.07, 6.45) is 10.5. The first kappa shape index (κ1) is 19.6. The highest BCUT2D eigenvalue weighted by molar-refractivity contribution is 5.87. The maximum atomic E-state index is 11.0. The third-order valence-corrected chi connectivity index (χ3v) is 3.97. The third-order valence-electron chi connectivity index (χ3n) is 3.97. The zero-order valence-corrected chi connectivity index (χ0v) is 15.4. The van der Waals surface area contributed by atoms with Gasteiger partial charge < -0.3 is 14.7 Å². The third kappa shape index (κ3) is 5.98. The van der Waals surface area contributed by atoms with Crippen LogP contribution in [0.5, 0.6) is 5.75 Å². The zero-order chi connectivity index (χ0) is 18.8. The fourth-order valence-corrected chi connectivity index (χ4v) is 2.41. The summed E-state index contributed by atoms with van der Waals surface area (Å²) in [5.41, 5.74) is 1.25. The van der Waals surface area contributed by atoms with E-state index in [9.17, 15) is 4.79 Å². The van der Waals surface area contributed by atoms with Gasteiger partial charge in [0.1, 0.15) is 5.75 Å². The van der Waals surface area contributed by atoms with Gasteiger partial charge in [-0.05, 0) is 30.9 Å². The normalized spacial score (nSPS) is 10.5. The Kier molecular flexibility index (Phi) is 7.79. The molecule has 0 saturated carbocycles. The Balaban J connectivity index is 1.88. The Morgan fingerprint density at radius 3 is 2.50 bits per heavy atom. The van der Waals surface area contributed by atoms with Gasteiger partial charge in [0, 0.05) is 31.7 Å². The Morgan fingerprint density at radius 2 is 1.85 bits per heavy atom. The number of aromatic nitrogens is 3. The molecule has 0 aliphatic rings. The van der Waals surface area contributed by atoms with E-state index in [2.05, 4.69) is 33.7 Å². The Morgan fingerprint density at radius 1 is 1.12 bits per heavy atom. The molecule has 140 valence electrons. The molecule has 0 atom stereocenters. The van der Waals surface area contributed by atoms with Crippen LogP contribution in [0, 0.1) is 0 Å². The monoisotopic (exact) mass is 358 g/mol. The quantitative estimate of drug-likeness (QED) is 0.617. The van der Waals surface area contributed by atoms with Crippen molar-refractivity contribution in [2.75, 3.05) is 24.6 Å². The van der Waals surface area contributed by atoms with E-state index in [1.54, 1.807) is 0 Å². The van der Waals surface area contributed by atoms with Gasteiger partial charge in [-0.2, -0.15) is 0 Å². The van der Waals surface area contributed by atoms with Crippen LogP contribution in [0.3, 0.4) is 0 Å². The molecule has 0 unspecified atom stereocenters. The minimum absolute atomic E-state index is 0.122. The largest absolute Gasteiger partial charge is 0.492 e. The lowest BCUT2D eigenvalue weighted by Gasteiger charge is -2.22. The minimum atomic E-state index is -1.01. The topological polar surface area (TPSA) is 88.4 Å². The van der Waals surface area contributed by atoms with Crippen LogP contribution in [0.1, 0.15) is 49.0 Å². The molecule has 0 radical (unpaired) electrons. The Bertz CT molecular complexity index is 691. The lowest BCUT2D eigenvalue weighted by molar-refractivity contribution is 0.0696. The summed E-state index contributed by atoms with van der Waals surface area (Å²) in [6, 6.07) is 1.48. The number of ether oxygens (including phenoxy) is 1. The number of hydrogen-bond acceptors (Lipinski definition) is 6. The molecule has 0 aromatic carbocycles. The molecule has 0 bridgehead atoms. The average Bonchev–Trinajstić information content (AvgIpc) is 2.68. The molecule has 0 aliphatic heterocycles. The second-order valence-corrected chi connectivity index (χ2v) is 6.00. The van der Waals surface area contributed by atoms with E-state index in [4.69, 9.17) is 9.84 Å². The van der Waals surface area contributed by atoms with E-state index in [0.717, 1.165) is 50.3 Å². The van der Waals surface area contributed by atoms with Gasteiger partial charge in [-0.15, -0.1) is 0 Å². The van der Waals surface area contributed by atoms with Crippen molar-refractivity contribution in [2.24, 2.45) is 0 Å². The van der Waals surface area contributed by atoms with E-state index in [1.807, 2.05) is 12.4 Å². The molecule has 0 spiro atoms. The van der Waals surface area contributed by atoms with Crippen molar-refractivity contribution in [3.8, 4) is 5.75 Å². The molecule has 1 N–H and O–H groups in total. The lowest BCUT2D eigenvalue weighted by atomic mass is 10.3. The van der Waals surface area contributed by atoms with Crippen molar-refractivity contribution in [1.82, 2.24) is 15.0 Å². The number of carboxylic acid groups (broad SMARTS) is 1. The summed E-state index contributed by atoms with van der Waals surface area (Å²) in [7, 11) is 0. The van der Waals surface area contributed by atoms with Gasteiger partial charge in [-0.3, -0.25) is 4.98 Å². The van der Waals surface area contributed by atoms with Gasteiger partial charge in [-0.25, -0.2) is 14.8 Å². The fourth-order valence-electron chi connectivity index (χ4n) is 2.41. The molecule has 7 heteroatoms. The van der Waals surface area contributed by atoms with Crippen molar-refractivity contribution < 1.29 is 14.6 Å². The molecule has 0 amide bonds. The van der Waals surface area contributed by atoms with Gasteiger partial charge in [0.15, 0.2) is 0 Å². The van der Waals surface area contributed by atoms with Gasteiger partial charge in [-0.1, -0.05) is 20.3 Å². The SMILES string of the molecule is CCCCN(CCCOc1cncc(C(=O)O)c1)c1ncc(CC)cn1. The van der Waals surface area contributed by atoms with Gasteiger partial charge in [0.2, 0.25) is 5.95 Å². The van der Waals surface area contributed by atoms with E-state index < -0.39 is 5.97 Å². The Hall–Kier alpha value is -2.70. The van der Waals surface area contributed by atoms with Crippen molar-refractivity contribution in [1.29, 1.82) is 0 Å². The first-order valence-corrected chi connectivity index (χ1v) is 9.01. The van der Waals surface area contributed by atoms with Crippen molar-refractivity contribution >= 4 is 11.9 Å². The molecule has 7 nitrogen and oxygen atoms in total. The van der Waals surface area contributed by atoms with E-state index >= 15 is 0 Å². The molecular formula is C19H26N4O3. The molecule has 0 fully saturated rings. The molecule has 0 saturated heterocycles. The standard InChI is InChI=1S/C19H26N4O3/c1-3-5-7-23(19-21-11-15(4-2)12-22-19)8-6-9-26-17-10-16(18(24)25)13-20-14-17/h10-14H,3-9H2,1-2H3,(H,24,25). The number of nitrogens with zero attached hydrogens (tertiary/aromatic N) is 4. The summed E-state index contributed by atoms with van der Waals surface area (Å²) in [4.78, 5) is 26.0. The van der Waals surface area contributed by atoms with Crippen molar-refractivity contribution in [3.63, 3.8) is 0 Å². The van der Waals surface area contributed by atoms with E-state index in [1.165, 1.54) is 18.5 Å². The molecule has 2 aromatic rings. The smallest absolute Gasteiger partial charge is 0.337 e. The second kappa shape index (κ2) is 10.3. The van der Waals surface area contributed by atoms with Crippen LogP contribution in [-0.2, 0) is 6.42 Å².